The van der Waals surface area contributed by atoms with Crippen molar-refractivity contribution in [1.29, 1.82) is 0 Å². The number of nitrogens with zero attached hydrogens (tertiary/aromatic N) is 2. The Morgan fingerprint density at radius 2 is 0.948 bits per heavy atom. The number of hydrogen-bond donors (Lipinski definition) is 0. The number of fused-ring (bicyclic) bond motifs is 12. The van der Waals surface area contributed by atoms with Gasteiger partial charge in [0.25, 0.3) is 0 Å². The maximum Gasteiger partial charge on any atom is 0.132 e. The third-order valence-electron chi connectivity index (χ3n) is 12.3. The molecule has 0 saturated carbocycles. The van der Waals surface area contributed by atoms with Gasteiger partial charge in [-0.2, -0.15) is 0 Å². The number of benzene rings is 9. The molecule has 58 heavy (non-hydrogen) atoms. The third-order valence-corrected chi connectivity index (χ3v) is 12.3. The quantitative estimate of drug-likeness (QED) is 0.175. The van der Waals surface area contributed by atoms with Crippen molar-refractivity contribution >= 4 is 38.9 Å². The summed E-state index contributed by atoms with van der Waals surface area (Å²) in [5.74, 6) is 1.78. The summed E-state index contributed by atoms with van der Waals surface area (Å²) in [6.07, 6.45) is 0. The molecule has 0 unspecified atom stereocenters. The maximum atomic E-state index is 6.67. The van der Waals surface area contributed by atoms with Crippen molar-refractivity contribution in [2.75, 3.05) is 4.90 Å². The molecule has 2 heterocycles. The molecule has 3 heteroatoms. The van der Waals surface area contributed by atoms with Crippen molar-refractivity contribution in [1.82, 2.24) is 4.57 Å². The Morgan fingerprint density at radius 3 is 1.71 bits per heavy atom. The molecular weight excluding hydrogens is 705 g/mol. The van der Waals surface area contributed by atoms with Crippen LogP contribution in [0.3, 0.4) is 0 Å². The van der Waals surface area contributed by atoms with E-state index < -0.39 is 5.41 Å². The minimum atomic E-state index is -0.578. The summed E-state index contributed by atoms with van der Waals surface area (Å²) in [5, 5.41) is 2.41. The van der Waals surface area contributed by atoms with Crippen LogP contribution in [0.1, 0.15) is 22.3 Å². The summed E-state index contributed by atoms with van der Waals surface area (Å²) in [5.41, 5.74) is 15.9. The molecule has 1 spiro atoms. The first-order valence-corrected chi connectivity index (χ1v) is 19.9. The largest absolute Gasteiger partial charge is 0.457 e. The van der Waals surface area contributed by atoms with Gasteiger partial charge in [0, 0.05) is 38.8 Å². The molecule has 2 aliphatic rings. The molecule has 1 aliphatic carbocycles. The lowest BCUT2D eigenvalue weighted by molar-refractivity contribution is 0.436. The van der Waals surface area contributed by atoms with Gasteiger partial charge in [-0.1, -0.05) is 158 Å². The van der Waals surface area contributed by atoms with E-state index >= 15 is 0 Å². The van der Waals surface area contributed by atoms with Crippen LogP contribution >= 0.6 is 0 Å². The summed E-state index contributed by atoms with van der Waals surface area (Å²) in [7, 11) is 0. The van der Waals surface area contributed by atoms with Crippen molar-refractivity contribution in [2.24, 2.45) is 0 Å². The van der Waals surface area contributed by atoms with Crippen LogP contribution in [-0.2, 0) is 5.41 Å². The molecule has 9 aromatic carbocycles. The molecule has 0 saturated heterocycles. The molecule has 0 fully saturated rings. The Hall–Kier alpha value is -7.62. The molecule has 272 valence electrons. The van der Waals surface area contributed by atoms with Crippen molar-refractivity contribution in [3.8, 4) is 39.4 Å². The van der Waals surface area contributed by atoms with E-state index in [-0.39, 0.29) is 0 Å². The van der Waals surface area contributed by atoms with E-state index in [4.69, 9.17) is 4.74 Å². The standard InChI is InChI=1S/C55H36N2O/c1-3-17-37(18-4-1)38-33-35-40(36-34-38)57(50-30-16-29-49-54(50)42-22-8-12-27-47(42)56(49)39-19-5-2-6-20-39)48-28-15-26-46-53(48)41-21-7-9-23-43(41)55(46)44-24-10-13-31-51(44)58-52-32-14-11-25-45(52)55/h1-36H. The second kappa shape index (κ2) is 12.7. The third kappa shape index (κ3) is 4.56. The van der Waals surface area contributed by atoms with Crippen LogP contribution in [0.4, 0.5) is 17.1 Å². The first kappa shape index (κ1) is 32.6. The normalized spacial score (nSPS) is 13.1. The zero-order chi connectivity index (χ0) is 38.2. The van der Waals surface area contributed by atoms with Gasteiger partial charge in [-0.3, -0.25) is 0 Å². The molecule has 0 radical (unpaired) electrons. The number of ether oxygens (including phenoxy) is 1. The molecule has 1 aliphatic heterocycles. The lowest BCUT2D eigenvalue weighted by Crippen LogP contribution is -2.32. The fraction of sp³-hybridized carbons (Fsp3) is 0.0182. The Kier molecular flexibility index (Phi) is 7.14. The Bertz CT molecular complexity index is 3150. The van der Waals surface area contributed by atoms with E-state index in [9.17, 15) is 0 Å². The second-order valence-electron chi connectivity index (χ2n) is 15.2. The lowest BCUT2D eigenvalue weighted by Gasteiger charge is -2.39. The predicted molar refractivity (Wildman–Crippen MR) is 238 cm³/mol. The number of hydrogen-bond acceptors (Lipinski definition) is 2. The maximum absolute atomic E-state index is 6.67. The van der Waals surface area contributed by atoms with Gasteiger partial charge in [-0.25, -0.2) is 0 Å². The van der Waals surface area contributed by atoms with Crippen molar-refractivity contribution < 1.29 is 4.74 Å². The number of anilines is 3. The highest BCUT2D eigenvalue weighted by atomic mass is 16.5. The fourth-order valence-electron chi connectivity index (χ4n) is 9.95. The summed E-state index contributed by atoms with van der Waals surface area (Å²) < 4.78 is 9.08. The van der Waals surface area contributed by atoms with Crippen molar-refractivity contribution in [3.05, 3.63) is 241 Å². The van der Waals surface area contributed by atoms with E-state index in [1.54, 1.807) is 0 Å². The summed E-state index contributed by atoms with van der Waals surface area (Å²) in [6, 6.07) is 79.1. The van der Waals surface area contributed by atoms with Crippen LogP contribution in [0, 0.1) is 0 Å². The lowest BCUT2D eigenvalue weighted by atomic mass is 9.66. The zero-order valence-corrected chi connectivity index (χ0v) is 31.6. The van der Waals surface area contributed by atoms with E-state index in [1.807, 2.05) is 0 Å². The van der Waals surface area contributed by atoms with Gasteiger partial charge in [0.15, 0.2) is 0 Å². The van der Waals surface area contributed by atoms with Crippen LogP contribution in [0.2, 0.25) is 0 Å². The van der Waals surface area contributed by atoms with E-state index in [0.29, 0.717) is 0 Å². The highest BCUT2D eigenvalue weighted by molar-refractivity contribution is 6.17. The minimum absolute atomic E-state index is 0.578. The number of para-hydroxylation sites is 4. The molecule has 0 atom stereocenters. The van der Waals surface area contributed by atoms with Crippen molar-refractivity contribution in [2.45, 2.75) is 5.41 Å². The molecule has 0 bridgehead atoms. The van der Waals surface area contributed by atoms with Crippen LogP contribution in [0.15, 0.2) is 218 Å². The molecular formula is C55H36N2O. The van der Waals surface area contributed by atoms with Crippen molar-refractivity contribution in [3.63, 3.8) is 0 Å². The Labute approximate surface area is 337 Å². The summed E-state index contributed by atoms with van der Waals surface area (Å²) >= 11 is 0. The topological polar surface area (TPSA) is 17.4 Å². The van der Waals surface area contributed by atoms with Gasteiger partial charge < -0.3 is 14.2 Å². The smallest absolute Gasteiger partial charge is 0.132 e. The molecule has 1 aromatic heterocycles. The second-order valence-corrected chi connectivity index (χ2v) is 15.2. The summed E-state index contributed by atoms with van der Waals surface area (Å²) in [4.78, 5) is 2.50. The van der Waals surface area contributed by atoms with Gasteiger partial charge in [-0.15, -0.1) is 0 Å². The van der Waals surface area contributed by atoms with Crippen LogP contribution in [-0.4, -0.2) is 4.57 Å². The Balaban J connectivity index is 1.19. The fourth-order valence-corrected chi connectivity index (χ4v) is 9.95. The average Bonchev–Trinajstić information content (AvgIpc) is 3.79. The zero-order valence-electron chi connectivity index (χ0n) is 31.6. The first-order chi connectivity index (χ1) is 28.8. The molecule has 3 nitrogen and oxygen atoms in total. The average molecular weight is 741 g/mol. The minimum Gasteiger partial charge on any atom is -0.457 e. The van der Waals surface area contributed by atoms with E-state index in [2.05, 4.69) is 228 Å². The van der Waals surface area contributed by atoms with Gasteiger partial charge in [0.1, 0.15) is 11.5 Å². The number of rotatable bonds is 5. The van der Waals surface area contributed by atoms with Gasteiger partial charge in [-0.05, 0) is 88.5 Å². The molecule has 12 rings (SSSR count). The summed E-state index contributed by atoms with van der Waals surface area (Å²) in [6.45, 7) is 0. The van der Waals surface area contributed by atoms with Crippen LogP contribution in [0.5, 0.6) is 11.5 Å². The number of aromatic nitrogens is 1. The van der Waals surface area contributed by atoms with E-state index in [1.165, 1.54) is 49.7 Å². The van der Waals surface area contributed by atoms with Crippen LogP contribution < -0.4 is 9.64 Å². The monoisotopic (exact) mass is 740 g/mol. The van der Waals surface area contributed by atoms with Gasteiger partial charge in [0.2, 0.25) is 0 Å². The highest BCUT2D eigenvalue weighted by Gasteiger charge is 2.52. The molecule has 0 N–H and O–H groups in total. The predicted octanol–water partition coefficient (Wildman–Crippen LogP) is 14.4. The van der Waals surface area contributed by atoms with Gasteiger partial charge >= 0.3 is 0 Å². The van der Waals surface area contributed by atoms with Gasteiger partial charge in [0.05, 0.1) is 27.8 Å². The first-order valence-electron chi connectivity index (χ1n) is 19.9. The van der Waals surface area contributed by atoms with E-state index in [0.717, 1.165) is 50.9 Å². The SMILES string of the molecule is c1ccc(-c2ccc(N(c3cccc4c3-c3ccccc3C43c4ccccc4Oc4ccccc43)c3cccc4c3c3ccccc3n4-c3ccccc3)cc2)cc1. The Morgan fingerprint density at radius 1 is 0.397 bits per heavy atom. The van der Waals surface area contributed by atoms with Crippen LogP contribution in [0.25, 0.3) is 49.7 Å². The molecule has 10 aromatic rings. The highest BCUT2D eigenvalue weighted by Crippen LogP contribution is 2.64. The molecule has 0 amide bonds.